The highest BCUT2D eigenvalue weighted by molar-refractivity contribution is 6.35. The molecule has 9 nitrogen and oxygen atoms in total. The average Bonchev–Trinajstić information content (AvgIpc) is 3.20. The van der Waals surface area contributed by atoms with E-state index in [0.717, 1.165) is 11.1 Å². The van der Waals surface area contributed by atoms with Crippen molar-refractivity contribution in [2.45, 2.75) is 32.4 Å². The Hall–Kier alpha value is -2.88. The lowest BCUT2D eigenvalue weighted by molar-refractivity contribution is -0.147. The fraction of sp³-hybridized carbons (Fsp3) is 0.391. The Kier molecular flexibility index (Phi) is 6.09. The van der Waals surface area contributed by atoms with Crippen LogP contribution in [0.3, 0.4) is 0 Å². The molecule has 2 atom stereocenters. The van der Waals surface area contributed by atoms with Crippen molar-refractivity contribution >= 4 is 57.8 Å². The highest BCUT2D eigenvalue weighted by atomic mass is 35.5. The van der Waals surface area contributed by atoms with Gasteiger partial charge < -0.3 is 19.0 Å². The van der Waals surface area contributed by atoms with Gasteiger partial charge in [0.05, 0.1) is 31.6 Å². The monoisotopic (exact) mass is 503 g/mol. The lowest BCUT2D eigenvalue weighted by Crippen LogP contribution is -2.53. The van der Waals surface area contributed by atoms with Gasteiger partial charge in [0.2, 0.25) is 5.91 Å². The van der Waals surface area contributed by atoms with E-state index in [1.54, 1.807) is 18.5 Å². The van der Waals surface area contributed by atoms with E-state index in [4.69, 9.17) is 32.4 Å². The number of pyridine rings is 1. The normalized spacial score (nSPS) is 20.4. The third-order valence-electron chi connectivity index (χ3n) is 6.22. The summed E-state index contributed by atoms with van der Waals surface area (Å²) < 4.78 is 11.7. The molecule has 11 heteroatoms. The first kappa shape index (κ1) is 22.9. The van der Waals surface area contributed by atoms with E-state index in [2.05, 4.69) is 15.3 Å². The van der Waals surface area contributed by atoms with Gasteiger partial charge in [0.1, 0.15) is 11.2 Å². The molecule has 2 aliphatic heterocycles. The molecule has 0 spiro atoms. The number of morpholine rings is 1. The maximum Gasteiger partial charge on any atom is 0.302 e. The second kappa shape index (κ2) is 9.05. The number of hydrogen-bond donors (Lipinski definition) is 1. The SMILES string of the molecule is CC(=O)Nc1nc2cncc(N3CCO[C@@H](C(=O)N4CCc5cc(Cl)cc(Cl)c5[C@@H]4C)C3)c2o1. The molecule has 3 aromatic rings. The molecule has 1 fully saturated rings. The standard InChI is InChI=1S/C23H23Cl2N5O4/c1-12-20-14(7-15(24)8-16(20)25)3-4-30(12)22(32)19-11-29(5-6-33-19)18-10-26-9-17-21(18)34-23(28-17)27-13(2)31/h7-10,12,19H,3-6,11H2,1-2H3,(H,27,28,31)/t12-,19+/m0/s1. The van der Waals surface area contributed by atoms with Crippen LogP contribution in [-0.4, -0.2) is 59.0 Å². The summed E-state index contributed by atoms with van der Waals surface area (Å²) in [6.07, 6.45) is 3.26. The van der Waals surface area contributed by atoms with Gasteiger partial charge in [-0.05, 0) is 36.6 Å². The molecule has 0 radical (unpaired) electrons. The van der Waals surface area contributed by atoms with Crippen molar-refractivity contribution in [3.05, 3.63) is 45.7 Å². The molecular weight excluding hydrogens is 481 g/mol. The molecule has 0 aliphatic carbocycles. The third kappa shape index (κ3) is 4.19. The van der Waals surface area contributed by atoms with Crippen LogP contribution in [0.5, 0.6) is 0 Å². The molecule has 178 valence electrons. The van der Waals surface area contributed by atoms with Gasteiger partial charge in [-0.1, -0.05) is 23.2 Å². The smallest absolute Gasteiger partial charge is 0.302 e. The van der Waals surface area contributed by atoms with Crippen LogP contribution in [0.1, 0.15) is 31.0 Å². The quantitative estimate of drug-likeness (QED) is 0.579. The van der Waals surface area contributed by atoms with Crippen LogP contribution in [-0.2, 0) is 20.7 Å². The predicted molar refractivity (Wildman–Crippen MR) is 128 cm³/mol. The number of nitrogens with one attached hydrogen (secondary N) is 1. The van der Waals surface area contributed by atoms with Gasteiger partial charge in [-0.25, -0.2) is 0 Å². The van der Waals surface area contributed by atoms with Gasteiger partial charge in [0, 0.05) is 30.1 Å². The van der Waals surface area contributed by atoms with Crippen LogP contribution in [0.4, 0.5) is 11.7 Å². The van der Waals surface area contributed by atoms with Crippen molar-refractivity contribution in [1.82, 2.24) is 14.9 Å². The number of oxazole rings is 1. The first-order chi connectivity index (χ1) is 16.3. The molecule has 0 unspecified atom stereocenters. The van der Waals surface area contributed by atoms with E-state index >= 15 is 0 Å². The Morgan fingerprint density at radius 1 is 1.21 bits per heavy atom. The van der Waals surface area contributed by atoms with Crippen molar-refractivity contribution in [1.29, 1.82) is 0 Å². The first-order valence-electron chi connectivity index (χ1n) is 11.0. The Balaban J connectivity index is 1.37. The number of ether oxygens (including phenoxy) is 1. The Bertz CT molecular complexity index is 1280. The number of carbonyl (C=O) groups excluding carboxylic acids is 2. The molecule has 34 heavy (non-hydrogen) atoms. The fourth-order valence-electron chi connectivity index (χ4n) is 4.68. The van der Waals surface area contributed by atoms with Gasteiger partial charge in [0.25, 0.3) is 5.91 Å². The number of benzene rings is 1. The minimum atomic E-state index is -0.656. The number of halogens is 2. The van der Waals surface area contributed by atoms with Crippen LogP contribution in [0.25, 0.3) is 11.1 Å². The van der Waals surface area contributed by atoms with E-state index < -0.39 is 6.10 Å². The molecule has 0 saturated carbocycles. The average molecular weight is 504 g/mol. The van der Waals surface area contributed by atoms with E-state index in [0.29, 0.717) is 59.5 Å². The molecule has 2 aliphatic rings. The second-order valence-corrected chi connectivity index (χ2v) is 9.27. The molecule has 2 aromatic heterocycles. The topological polar surface area (TPSA) is 101 Å². The summed E-state index contributed by atoms with van der Waals surface area (Å²) >= 11 is 12.6. The molecule has 0 bridgehead atoms. The Morgan fingerprint density at radius 2 is 2.03 bits per heavy atom. The highest BCUT2D eigenvalue weighted by Crippen LogP contribution is 2.38. The van der Waals surface area contributed by atoms with Gasteiger partial charge in [0.15, 0.2) is 11.7 Å². The number of fused-ring (bicyclic) bond motifs is 2. The molecule has 5 rings (SSSR count). The highest BCUT2D eigenvalue weighted by Gasteiger charge is 2.36. The molecule has 4 heterocycles. The molecule has 2 amide bonds. The number of aromatic nitrogens is 2. The number of anilines is 2. The first-order valence-corrected chi connectivity index (χ1v) is 11.7. The number of amides is 2. The third-order valence-corrected chi connectivity index (χ3v) is 6.75. The lowest BCUT2D eigenvalue weighted by Gasteiger charge is -2.40. The maximum absolute atomic E-state index is 13.5. The molecule has 1 N–H and O–H groups in total. The van der Waals surface area contributed by atoms with Gasteiger partial charge in [-0.15, -0.1) is 0 Å². The number of nitrogens with zero attached hydrogens (tertiary/aromatic N) is 4. The van der Waals surface area contributed by atoms with Crippen molar-refractivity contribution in [3.8, 4) is 0 Å². The Labute approximate surface area is 206 Å². The number of rotatable bonds is 3. The van der Waals surface area contributed by atoms with E-state index in [1.165, 1.54) is 6.92 Å². The van der Waals surface area contributed by atoms with Crippen molar-refractivity contribution in [3.63, 3.8) is 0 Å². The zero-order valence-electron chi connectivity index (χ0n) is 18.7. The summed E-state index contributed by atoms with van der Waals surface area (Å²) in [7, 11) is 0. The summed E-state index contributed by atoms with van der Waals surface area (Å²) in [5.74, 6) is -0.372. The summed E-state index contributed by atoms with van der Waals surface area (Å²) in [5.41, 5.74) is 3.70. The van der Waals surface area contributed by atoms with Crippen LogP contribution in [0.2, 0.25) is 10.0 Å². The minimum absolute atomic E-state index is 0.0921. The summed E-state index contributed by atoms with van der Waals surface area (Å²) in [5, 5.41) is 3.71. The minimum Gasteiger partial charge on any atom is -0.421 e. The number of hydrogen-bond acceptors (Lipinski definition) is 7. The van der Waals surface area contributed by atoms with E-state index in [1.807, 2.05) is 22.8 Å². The van der Waals surface area contributed by atoms with E-state index in [-0.39, 0.29) is 23.9 Å². The number of carbonyl (C=O) groups is 2. The second-order valence-electron chi connectivity index (χ2n) is 8.43. The zero-order valence-corrected chi connectivity index (χ0v) is 20.2. The van der Waals surface area contributed by atoms with Crippen LogP contribution in [0, 0.1) is 0 Å². The Morgan fingerprint density at radius 3 is 2.82 bits per heavy atom. The molecule has 1 saturated heterocycles. The summed E-state index contributed by atoms with van der Waals surface area (Å²) in [6.45, 7) is 5.17. The van der Waals surface area contributed by atoms with Crippen LogP contribution in [0.15, 0.2) is 28.9 Å². The fourth-order valence-corrected chi connectivity index (χ4v) is 5.37. The van der Waals surface area contributed by atoms with Crippen molar-refractivity contribution < 1.29 is 18.7 Å². The zero-order chi connectivity index (χ0) is 24.0. The summed E-state index contributed by atoms with van der Waals surface area (Å²) in [6, 6.07) is 3.54. The van der Waals surface area contributed by atoms with Crippen LogP contribution < -0.4 is 10.2 Å². The van der Waals surface area contributed by atoms with Crippen molar-refractivity contribution in [2.75, 3.05) is 36.5 Å². The van der Waals surface area contributed by atoms with Gasteiger partial charge in [-0.3, -0.25) is 19.9 Å². The molecule has 1 aromatic carbocycles. The molecular formula is C23H23Cl2N5O4. The van der Waals surface area contributed by atoms with Gasteiger partial charge in [-0.2, -0.15) is 4.98 Å². The van der Waals surface area contributed by atoms with Crippen LogP contribution >= 0.6 is 23.2 Å². The summed E-state index contributed by atoms with van der Waals surface area (Å²) in [4.78, 5) is 37.2. The lowest BCUT2D eigenvalue weighted by atomic mass is 9.93. The largest absolute Gasteiger partial charge is 0.421 e. The maximum atomic E-state index is 13.5. The predicted octanol–water partition coefficient (Wildman–Crippen LogP) is 3.84. The van der Waals surface area contributed by atoms with Gasteiger partial charge >= 0.3 is 6.01 Å². The van der Waals surface area contributed by atoms with E-state index in [9.17, 15) is 9.59 Å². The van der Waals surface area contributed by atoms with Crippen molar-refractivity contribution in [2.24, 2.45) is 0 Å².